The fraction of sp³-hybridized carbons (Fsp3) is 0.533. The highest BCUT2D eigenvalue weighted by Gasteiger charge is 2.32. The van der Waals surface area contributed by atoms with Gasteiger partial charge in [0.15, 0.2) is 5.78 Å². The second-order valence-corrected chi connectivity index (χ2v) is 5.41. The van der Waals surface area contributed by atoms with Gasteiger partial charge in [-0.3, -0.25) is 14.9 Å². The highest BCUT2D eigenvalue weighted by Crippen LogP contribution is 2.35. The Morgan fingerprint density at radius 1 is 1.45 bits per heavy atom. The Morgan fingerprint density at radius 2 is 2.15 bits per heavy atom. The summed E-state index contributed by atoms with van der Waals surface area (Å²) in [5.41, 5.74) is 1.25. The lowest BCUT2D eigenvalue weighted by molar-refractivity contribution is -0.384. The number of nitro groups is 1. The minimum atomic E-state index is -0.457. The predicted octanol–water partition coefficient (Wildman–Crippen LogP) is 3.56. The molecule has 1 aromatic carbocycles. The van der Waals surface area contributed by atoms with E-state index in [4.69, 9.17) is 0 Å². The van der Waals surface area contributed by atoms with E-state index in [1.54, 1.807) is 6.07 Å². The van der Waals surface area contributed by atoms with Crippen molar-refractivity contribution in [2.24, 2.45) is 0 Å². The molecule has 0 aliphatic carbocycles. The molecule has 2 atom stereocenters. The van der Waals surface area contributed by atoms with Gasteiger partial charge in [-0.2, -0.15) is 0 Å². The van der Waals surface area contributed by atoms with Crippen LogP contribution in [-0.2, 0) is 0 Å². The molecule has 0 spiro atoms. The number of ketones is 1. The lowest BCUT2D eigenvalue weighted by Gasteiger charge is -2.31. The molecule has 1 aromatic rings. The average molecular weight is 276 g/mol. The molecule has 1 heterocycles. The van der Waals surface area contributed by atoms with Gasteiger partial charge in [-0.15, -0.1) is 0 Å². The number of carbonyl (C=O) groups excluding carboxylic acids is 1. The van der Waals surface area contributed by atoms with Crippen LogP contribution in [0.25, 0.3) is 0 Å². The van der Waals surface area contributed by atoms with Crippen LogP contribution < -0.4 is 4.90 Å². The van der Waals surface area contributed by atoms with Gasteiger partial charge < -0.3 is 4.90 Å². The number of nitrogens with zero attached hydrogens (tertiary/aromatic N) is 2. The van der Waals surface area contributed by atoms with E-state index in [0.717, 1.165) is 24.9 Å². The maximum absolute atomic E-state index is 11.9. The molecule has 5 heteroatoms. The summed E-state index contributed by atoms with van der Waals surface area (Å²) in [5, 5.41) is 10.9. The Bertz CT molecular complexity index is 542. The lowest BCUT2D eigenvalue weighted by Crippen LogP contribution is -2.35. The van der Waals surface area contributed by atoms with Crippen LogP contribution >= 0.6 is 0 Å². The maximum Gasteiger partial charge on any atom is 0.270 e. The number of non-ortho nitro benzene ring substituents is 1. The van der Waals surface area contributed by atoms with Crippen molar-refractivity contribution in [2.75, 3.05) is 4.90 Å². The quantitative estimate of drug-likeness (QED) is 0.479. The van der Waals surface area contributed by atoms with Gasteiger partial charge in [-0.1, -0.05) is 6.92 Å². The molecule has 108 valence electrons. The van der Waals surface area contributed by atoms with Gasteiger partial charge in [0, 0.05) is 35.5 Å². The minimum absolute atomic E-state index is 0.0288. The van der Waals surface area contributed by atoms with Crippen LogP contribution in [0.1, 0.15) is 50.4 Å². The van der Waals surface area contributed by atoms with Crippen LogP contribution in [0.4, 0.5) is 11.4 Å². The number of nitro benzene ring substituents is 1. The Hall–Kier alpha value is -1.91. The molecule has 2 rings (SSSR count). The number of hydrogen-bond acceptors (Lipinski definition) is 4. The number of carbonyl (C=O) groups is 1. The number of benzene rings is 1. The standard InChI is InChI=1S/C15H20N2O3/c1-4-12-6-5-10(2)16(12)15-8-7-13(17(19)20)9-14(15)11(3)18/h7-10,12H,4-6H2,1-3H3. The summed E-state index contributed by atoms with van der Waals surface area (Å²) < 4.78 is 0. The zero-order valence-corrected chi connectivity index (χ0v) is 12.1. The predicted molar refractivity (Wildman–Crippen MR) is 78.4 cm³/mol. The van der Waals surface area contributed by atoms with Gasteiger partial charge in [0.05, 0.1) is 4.92 Å². The van der Waals surface area contributed by atoms with Crippen molar-refractivity contribution in [1.29, 1.82) is 0 Å². The van der Waals surface area contributed by atoms with E-state index in [1.807, 2.05) is 0 Å². The SMILES string of the molecule is CCC1CCC(C)N1c1ccc([N+](=O)[O-])cc1C(C)=O. The molecule has 1 aliphatic heterocycles. The molecule has 0 N–H and O–H groups in total. The maximum atomic E-state index is 11.9. The summed E-state index contributed by atoms with van der Waals surface area (Å²) in [7, 11) is 0. The Kier molecular flexibility index (Phi) is 4.06. The Balaban J connectivity index is 2.50. The molecule has 1 aliphatic rings. The summed E-state index contributed by atoms with van der Waals surface area (Å²) >= 11 is 0. The molecule has 5 nitrogen and oxygen atoms in total. The highest BCUT2D eigenvalue weighted by atomic mass is 16.6. The van der Waals surface area contributed by atoms with Crippen LogP contribution in [0.2, 0.25) is 0 Å². The normalized spacial score (nSPS) is 22.1. The first-order valence-corrected chi connectivity index (χ1v) is 7.03. The lowest BCUT2D eigenvalue weighted by atomic mass is 10.1. The van der Waals surface area contributed by atoms with Crippen LogP contribution in [0.3, 0.4) is 0 Å². The Morgan fingerprint density at radius 3 is 2.70 bits per heavy atom. The first kappa shape index (κ1) is 14.5. The van der Waals surface area contributed by atoms with E-state index in [0.29, 0.717) is 17.6 Å². The van der Waals surface area contributed by atoms with Crippen LogP contribution in [0, 0.1) is 10.1 Å². The van der Waals surface area contributed by atoms with Crippen molar-refractivity contribution in [1.82, 2.24) is 0 Å². The van der Waals surface area contributed by atoms with Crippen molar-refractivity contribution in [2.45, 2.75) is 52.1 Å². The fourth-order valence-corrected chi connectivity index (χ4v) is 3.05. The second kappa shape index (κ2) is 5.61. The molecule has 0 aromatic heterocycles. The summed E-state index contributed by atoms with van der Waals surface area (Å²) in [6.45, 7) is 5.74. The molecule has 1 saturated heterocycles. The zero-order chi connectivity index (χ0) is 14.9. The van der Waals surface area contributed by atoms with Gasteiger partial charge in [0.2, 0.25) is 0 Å². The van der Waals surface area contributed by atoms with E-state index in [2.05, 4.69) is 18.7 Å². The van der Waals surface area contributed by atoms with E-state index in [1.165, 1.54) is 19.1 Å². The van der Waals surface area contributed by atoms with Crippen molar-refractivity contribution in [3.05, 3.63) is 33.9 Å². The monoisotopic (exact) mass is 276 g/mol. The molecular weight excluding hydrogens is 256 g/mol. The summed E-state index contributed by atoms with van der Waals surface area (Å²) in [6.07, 6.45) is 3.21. The van der Waals surface area contributed by atoms with Crippen molar-refractivity contribution >= 4 is 17.2 Å². The topological polar surface area (TPSA) is 63.4 Å². The third kappa shape index (κ3) is 2.53. The average Bonchev–Trinajstić information content (AvgIpc) is 2.78. The minimum Gasteiger partial charge on any atom is -0.365 e. The third-order valence-electron chi connectivity index (χ3n) is 4.11. The molecule has 20 heavy (non-hydrogen) atoms. The van der Waals surface area contributed by atoms with Crippen molar-refractivity contribution in [3.8, 4) is 0 Å². The number of hydrogen-bond donors (Lipinski definition) is 0. The Labute approximate surface area is 118 Å². The van der Waals surface area contributed by atoms with E-state index in [-0.39, 0.29) is 11.5 Å². The molecule has 0 saturated carbocycles. The van der Waals surface area contributed by atoms with Gasteiger partial charge in [-0.05, 0) is 39.2 Å². The fourth-order valence-electron chi connectivity index (χ4n) is 3.05. The molecule has 0 bridgehead atoms. The summed E-state index contributed by atoms with van der Waals surface area (Å²) in [5.74, 6) is -0.127. The van der Waals surface area contributed by atoms with Gasteiger partial charge in [-0.25, -0.2) is 0 Å². The molecule has 0 radical (unpaired) electrons. The van der Waals surface area contributed by atoms with Crippen LogP contribution in [0.5, 0.6) is 0 Å². The molecular formula is C15H20N2O3. The van der Waals surface area contributed by atoms with Crippen molar-refractivity contribution in [3.63, 3.8) is 0 Å². The third-order valence-corrected chi connectivity index (χ3v) is 4.11. The highest BCUT2D eigenvalue weighted by molar-refractivity contribution is 6.00. The van der Waals surface area contributed by atoms with E-state index >= 15 is 0 Å². The van der Waals surface area contributed by atoms with Gasteiger partial charge in [0.25, 0.3) is 5.69 Å². The first-order valence-electron chi connectivity index (χ1n) is 7.03. The molecule has 1 fully saturated rings. The van der Waals surface area contributed by atoms with E-state index in [9.17, 15) is 14.9 Å². The smallest absolute Gasteiger partial charge is 0.270 e. The number of anilines is 1. The van der Waals surface area contributed by atoms with Gasteiger partial charge >= 0.3 is 0 Å². The van der Waals surface area contributed by atoms with E-state index < -0.39 is 4.92 Å². The van der Waals surface area contributed by atoms with Crippen LogP contribution in [0.15, 0.2) is 18.2 Å². The number of Topliss-reactive ketones (excluding diaryl/α,β-unsaturated/α-hetero) is 1. The van der Waals surface area contributed by atoms with Crippen molar-refractivity contribution < 1.29 is 9.72 Å². The molecule has 0 amide bonds. The summed E-state index contributed by atoms with van der Waals surface area (Å²) in [6, 6.07) is 5.37. The first-order chi connectivity index (χ1) is 9.45. The molecule has 2 unspecified atom stereocenters. The van der Waals surface area contributed by atoms with Gasteiger partial charge in [0.1, 0.15) is 0 Å². The summed E-state index contributed by atoms with van der Waals surface area (Å²) in [4.78, 5) is 24.5. The largest absolute Gasteiger partial charge is 0.365 e. The number of rotatable bonds is 4. The van der Waals surface area contributed by atoms with Crippen LogP contribution in [-0.4, -0.2) is 22.8 Å². The second-order valence-electron chi connectivity index (χ2n) is 5.41. The zero-order valence-electron chi connectivity index (χ0n) is 12.1.